The molecule has 0 aliphatic heterocycles. The average Bonchev–Trinajstić information content (AvgIpc) is 2.77. The highest BCUT2D eigenvalue weighted by molar-refractivity contribution is 5.87. The van der Waals surface area contributed by atoms with E-state index in [1.807, 2.05) is 43.3 Å². The summed E-state index contributed by atoms with van der Waals surface area (Å²) in [6.07, 6.45) is 21.7. The van der Waals surface area contributed by atoms with E-state index in [4.69, 9.17) is 0 Å². The summed E-state index contributed by atoms with van der Waals surface area (Å²) < 4.78 is 0. The van der Waals surface area contributed by atoms with Crippen LogP contribution in [0.3, 0.4) is 0 Å². The highest BCUT2D eigenvalue weighted by atomic mass is 16.3. The smallest absolute Gasteiger partial charge is 0.243 e. The number of carbonyl (C=O) groups is 1. The zero-order valence-corrected chi connectivity index (χ0v) is 20.2. The Balaban J connectivity index is 1.96. The van der Waals surface area contributed by atoms with Crippen LogP contribution in [-0.4, -0.2) is 23.2 Å². The second-order valence-corrected chi connectivity index (χ2v) is 8.99. The fourth-order valence-corrected chi connectivity index (χ4v) is 3.91. The molecule has 1 amide bonds. The molecule has 3 nitrogen and oxygen atoms in total. The van der Waals surface area contributed by atoms with Crippen LogP contribution in [0.25, 0.3) is 0 Å². The van der Waals surface area contributed by atoms with Gasteiger partial charge in [0.2, 0.25) is 5.91 Å². The quantitative estimate of drug-likeness (QED) is 0.181. The Morgan fingerprint density at radius 3 is 1.94 bits per heavy atom. The minimum Gasteiger partial charge on any atom is -0.391 e. The van der Waals surface area contributed by atoms with Crippen LogP contribution in [0.5, 0.6) is 0 Å². The van der Waals surface area contributed by atoms with E-state index in [1.165, 1.54) is 82.6 Å². The van der Waals surface area contributed by atoms with Crippen molar-refractivity contribution in [2.24, 2.45) is 0 Å². The lowest BCUT2D eigenvalue weighted by atomic mass is 10.0. The van der Waals surface area contributed by atoms with Crippen LogP contribution in [-0.2, 0) is 11.2 Å². The maximum absolute atomic E-state index is 12.0. The number of hydrogen-bond acceptors (Lipinski definition) is 2. The molecule has 2 atom stereocenters. The van der Waals surface area contributed by atoms with Crippen molar-refractivity contribution in [2.45, 2.75) is 122 Å². The van der Waals surface area contributed by atoms with Crippen LogP contribution in [0.2, 0.25) is 0 Å². The summed E-state index contributed by atoms with van der Waals surface area (Å²) in [5, 5.41) is 13.2. The molecule has 176 valence electrons. The van der Waals surface area contributed by atoms with Crippen LogP contribution >= 0.6 is 0 Å². The zero-order valence-electron chi connectivity index (χ0n) is 20.2. The number of allylic oxidation sites excluding steroid dienone is 1. The molecule has 0 heterocycles. The molecule has 0 saturated carbocycles. The van der Waals surface area contributed by atoms with Crippen molar-refractivity contribution in [3.8, 4) is 0 Å². The monoisotopic (exact) mass is 429 g/mol. The summed E-state index contributed by atoms with van der Waals surface area (Å²) in [6.45, 7) is 4.15. The van der Waals surface area contributed by atoms with Crippen LogP contribution in [0.15, 0.2) is 42.5 Å². The maximum Gasteiger partial charge on any atom is 0.243 e. The number of hydrogen-bond donors (Lipinski definition) is 2. The molecule has 31 heavy (non-hydrogen) atoms. The third-order valence-corrected chi connectivity index (χ3v) is 6.02. The summed E-state index contributed by atoms with van der Waals surface area (Å²) in [6, 6.07) is 9.86. The topological polar surface area (TPSA) is 49.3 Å². The molecule has 0 aromatic heterocycles. The fraction of sp³-hybridized carbons (Fsp3) is 0.679. The molecule has 0 aliphatic rings. The minimum absolute atomic E-state index is 0.132. The molecule has 2 N–H and O–H groups in total. The van der Waals surface area contributed by atoms with Crippen LogP contribution < -0.4 is 5.32 Å². The molecule has 3 heteroatoms. The Morgan fingerprint density at radius 1 is 0.871 bits per heavy atom. The van der Waals surface area contributed by atoms with Crippen molar-refractivity contribution in [3.63, 3.8) is 0 Å². The van der Waals surface area contributed by atoms with Crippen molar-refractivity contribution in [3.05, 3.63) is 48.0 Å². The summed E-state index contributed by atoms with van der Waals surface area (Å²) >= 11 is 0. The molecule has 1 aromatic rings. The van der Waals surface area contributed by atoms with Gasteiger partial charge in [-0.2, -0.15) is 0 Å². The Morgan fingerprint density at radius 2 is 1.39 bits per heavy atom. The van der Waals surface area contributed by atoms with Crippen molar-refractivity contribution >= 4 is 5.91 Å². The molecule has 0 fully saturated rings. The summed E-state index contributed by atoms with van der Waals surface area (Å²) in [5.41, 5.74) is 1.18. The van der Waals surface area contributed by atoms with Gasteiger partial charge in [-0.1, -0.05) is 127 Å². The van der Waals surface area contributed by atoms with Gasteiger partial charge in [0.15, 0.2) is 0 Å². The van der Waals surface area contributed by atoms with E-state index in [9.17, 15) is 9.90 Å². The first-order valence-corrected chi connectivity index (χ1v) is 12.8. The van der Waals surface area contributed by atoms with E-state index >= 15 is 0 Å². The summed E-state index contributed by atoms with van der Waals surface area (Å²) in [7, 11) is 0. The van der Waals surface area contributed by atoms with E-state index < -0.39 is 6.10 Å². The van der Waals surface area contributed by atoms with Crippen LogP contribution in [0.4, 0.5) is 0 Å². The van der Waals surface area contributed by atoms with Gasteiger partial charge < -0.3 is 10.4 Å². The molecule has 0 unspecified atom stereocenters. The Labute approximate surface area is 191 Å². The number of amides is 1. The van der Waals surface area contributed by atoms with E-state index in [0.29, 0.717) is 0 Å². The predicted molar refractivity (Wildman–Crippen MR) is 133 cm³/mol. The number of nitrogens with one attached hydrogen (secondary N) is 1. The van der Waals surface area contributed by atoms with Gasteiger partial charge in [0.25, 0.3) is 0 Å². The number of aliphatic hydroxyl groups excluding tert-OH is 1. The van der Waals surface area contributed by atoms with Gasteiger partial charge in [-0.15, -0.1) is 0 Å². The predicted octanol–water partition coefficient (Wildman–Crippen LogP) is 7.13. The molecule has 0 spiro atoms. The molecule has 0 saturated heterocycles. The van der Waals surface area contributed by atoms with E-state index in [-0.39, 0.29) is 11.9 Å². The fourth-order valence-electron chi connectivity index (χ4n) is 3.91. The van der Waals surface area contributed by atoms with E-state index in [2.05, 4.69) is 12.2 Å². The number of carbonyl (C=O) groups excluding carboxylic acids is 1. The standard InChI is InChI=1S/C28H47NO2/c1-3-4-5-6-7-8-9-10-11-12-13-14-18-23-27(30)25(2)29-28(31)24-19-22-26-20-16-15-17-21-26/h15-17,19-21,24-25,27,30H,3-14,18,22-23H2,1-2H3,(H,29,31)/t25-,27+/m0/s1. The number of rotatable bonds is 19. The first-order valence-electron chi connectivity index (χ1n) is 12.8. The second kappa shape index (κ2) is 19.1. The lowest BCUT2D eigenvalue weighted by Gasteiger charge is -2.19. The molecule has 0 bridgehead atoms. The average molecular weight is 430 g/mol. The molecular formula is C28H47NO2. The van der Waals surface area contributed by atoms with E-state index in [0.717, 1.165) is 19.3 Å². The molecule has 1 aromatic carbocycles. The molecule has 0 radical (unpaired) electrons. The number of benzene rings is 1. The van der Waals surface area contributed by atoms with Crippen molar-refractivity contribution in [1.82, 2.24) is 5.32 Å². The highest BCUT2D eigenvalue weighted by Crippen LogP contribution is 2.14. The van der Waals surface area contributed by atoms with Crippen molar-refractivity contribution < 1.29 is 9.90 Å². The van der Waals surface area contributed by atoms with Crippen molar-refractivity contribution in [2.75, 3.05) is 0 Å². The number of unbranched alkanes of at least 4 members (excludes halogenated alkanes) is 12. The van der Waals surface area contributed by atoms with Gasteiger partial charge in [0.05, 0.1) is 12.1 Å². The van der Waals surface area contributed by atoms with Gasteiger partial charge >= 0.3 is 0 Å². The first kappa shape index (κ1) is 27.4. The van der Waals surface area contributed by atoms with Gasteiger partial charge in [0.1, 0.15) is 0 Å². The van der Waals surface area contributed by atoms with E-state index in [1.54, 1.807) is 6.08 Å². The zero-order chi connectivity index (χ0) is 22.6. The van der Waals surface area contributed by atoms with Crippen LogP contribution in [0, 0.1) is 0 Å². The lowest BCUT2D eigenvalue weighted by molar-refractivity contribution is -0.117. The normalized spacial score (nSPS) is 13.4. The first-order chi connectivity index (χ1) is 15.1. The minimum atomic E-state index is -0.473. The van der Waals surface area contributed by atoms with Crippen LogP contribution in [0.1, 0.15) is 109 Å². The molecule has 0 aliphatic carbocycles. The SMILES string of the molecule is CCCCCCCCCCCCCCC[C@@H](O)[C@H](C)NC(=O)C=CCc1ccccc1. The van der Waals surface area contributed by atoms with Gasteiger partial charge in [-0.25, -0.2) is 0 Å². The van der Waals surface area contributed by atoms with Gasteiger partial charge in [-0.3, -0.25) is 4.79 Å². The number of aliphatic hydroxyl groups is 1. The summed E-state index contributed by atoms with van der Waals surface area (Å²) in [5.74, 6) is -0.132. The third kappa shape index (κ3) is 15.8. The third-order valence-electron chi connectivity index (χ3n) is 6.02. The van der Waals surface area contributed by atoms with Gasteiger partial charge in [0, 0.05) is 0 Å². The maximum atomic E-state index is 12.0. The second-order valence-electron chi connectivity index (χ2n) is 8.99. The molecule has 1 rings (SSSR count). The Bertz CT molecular complexity index is 570. The lowest BCUT2D eigenvalue weighted by Crippen LogP contribution is -2.40. The largest absolute Gasteiger partial charge is 0.391 e. The highest BCUT2D eigenvalue weighted by Gasteiger charge is 2.14. The van der Waals surface area contributed by atoms with Gasteiger partial charge in [-0.05, 0) is 31.4 Å². The van der Waals surface area contributed by atoms with Crippen molar-refractivity contribution in [1.29, 1.82) is 0 Å². The summed E-state index contributed by atoms with van der Waals surface area (Å²) in [4.78, 5) is 12.0. The molecular weight excluding hydrogens is 382 g/mol. The Kier molecular flexibility index (Phi) is 16.9. The Hall–Kier alpha value is -1.61.